The number of benzene rings is 2. The van der Waals surface area contributed by atoms with Gasteiger partial charge >= 0.3 is 0 Å². The van der Waals surface area contributed by atoms with Crippen molar-refractivity contribution in [3.63, 3.8) is 0 Å². The number of nitrogens with zero attached hydrogens (tertiary/aromatic N) is 1. The lowest BCUT2D eigenvalue weighted by Gasteiger charge is -2.30. The maximum atomic E-state index is 13.2. The molecule has 1 aliphatic rings. The van der Waals surface area contributed by atoms with Gasteiger partial charge in [0.05, 0.1) is 0 Å². The van der Waals surface area contributed by atoms with Crippen molar-refractivity contribution >= 4 is 27.7 Å². The second-order valence-corrected chi connectivity index (χ2v) is 9.22. The number of nitrogens with one attached hydrogen (secondary N) is 1. The van der Waals surface area contributed by atoms with Crippen LogP contribution in [0.3, 0.4) is 0 Å². The standard InChI is InChI=1S/C25H31BrN2O3/c1-17-8-6-13-23(18(17)2)31-16-24(29)28(15-20-9-7-10-21(26)14-20)19(3)25(30)27-22-11-4-5-12-22/h6-10,13-14,19,22H,4-5,11-12,15-16H2,1-3H3,(H,27,30)/t19-/m0/s1. The van der Waals surface area contributed by atoms with Crippen LogP contribution in [0, 0.1) is 13.8 Å². The summed E-state index contributed by atoms with van der Waals surface area (Å²) in [4.78, 5) is 27.7. The Balaban J connectivity index is 1.74. The zero-order valence-electron chi connectivity index (χ0n) is 18.5. The van der Waals surface area contributed by atoms with Gasteiger partial charge in [-0.15, -0.1) is 0 Å². The number of carbonyl (C=O) groups excluding carboxylic acids is 2. The van der Waals surface area contributed by atoms with E-state index in [-0.39, 0.29) is 24.5 Å². The average Bonchev–Trinajstić information content (AvgIpc) is 3.25. The van der Waals surface area contributed by atoms with Crippen molar-refractivity contribution in [2.24, 2.45) is 0 Å². The predicted molar refractivity (Wildman–Crippen MR) is 126 cm³/mol. The maximum Gasteiger partial charge on any atom is 0.261 e. The van der Waals surface area contributed by atoms with Gasteiger partial charge in [-0.25, -0.2) is 0 Å². The van der Waals surface area contributed by atoms with Gasteiger partial charge in [0.25, 0.3) is 5.91 Å². The molecule has 31 heavy (non-hydrogen) atoms. The van der Waals surface area contributed by atoms with Crippen molar-refractivity contribution in [1.29, 1.82) is 0 Å². The minimum absolute atomic E-state index is 0.109. The van der Waals surface area contributed by atoms with Crippen LogP contribution in [-0.4, -0.2) is 35.4 Å². The lowest BCUT2D eigenvalue weighted by atomic mass is 10.1. The highest BCUT2D eigenvalue weighted by Crippen LogP contribution is 2.22. The number of amides is 2. The van der Waals surface area contributed by atoms with E-state index in [1.54, 1.807) is 11.8 Å². The summed E-state index contributed by atoms with van der Waals surface area (Å²) in [7, 11) is 0. The Hall–Kier alpha value is -2.34. The Morgan fingerprint density at radius 2 is 1.87 bits per heavy atom. The van der Waals surface area contributed by atoms with E-state index in [0.717, 1.165) is 46.8 Å². The summed E-state index contributed by atoms with van der Waals surface area (Å²) >= 11 is 3.48. The van der Waals surface area contributed by atoms with Gasteiger partial charge in [-0.05, 0) is 68.5 Å². The van der Waals surface area contributed by atoms with Gasteiger partial charge in [0.1, 0.15) is 11.8 Å². The van der Waals surface area contributed by atoms with Gasteiger partial charge < -0.3 is 15.0 Å². The van der Waals surface area contributed by atoms with Crippen molar-refractivity contribution in [3.05, 3.63) is 63.6 Å². The van der Waals surface area contributed by atoms with Gasteiger partial charge in [0.2, 0.25) is 5.91 Å². The van der Waals surface area contributed by atoms with E-state index in [0.29, 0.717) is 12.3 Å². The fourth-order valence-corrected chi connectivity index (χ4v) is 4.36. The van der Waals surface area contributed by atoms with Crippen LogP contribution in [-0.2, 0) is 16.1 Å². The van der Waals surface area contributed by atoms with Crippen molar-refractivity contribution < 1.29 is 14.3 Å². The molecular weight excluding hydrogens is 456 g/mol. The highest BCUT2D eigenvalue weighted by atomic mass is 79.9. The molecule has 1 aliphatic carbocycles. The summed E-state index contributed by atoms with van der Waals surface area (Å²) in [5.41, 5.74) is 3.08. The highest BCUT2D eigenvalue weighted by molar-refractivity contribution is 9.10. The van der Waals surface area contributed by atoms with Gasteiger partial charge in [0, 0.05) is 17.1 Å². The number of hydrogen-bond acceptors (Lipinski definition) is 3. The smallest absolute Gasteiger partial charge is 0.261 e. The third-order valence-electron chi connectivity index (χ3n) is 6.02. The zero-order valence-corrected chi connectivity index (χ0v) is 20.1. The van der Waals surface area contributed by atoms with E-state index in [4.69, 9.17) is 4.74 Å². The first kappa shape index (κ1) is 23.3. The van der Waals surface area contributed by atoms with Gasteiger partial charge in [0.15, 0.2) is 6.61 Å². The molecule has 0 unspecified atom stereocenters. The number of carbonyl (C=O) groups is 2. The molecule has 3 rings (SSSR count). The Kier molecular flexibility index (Phi) is 8.13. The third kappa shape index (κ3) is 6.33. The topological polar surface area (TPSA) is 58.6 Å². The molecule has 5 nitrogen and oxygen atoms in total. The van der Waals surface area contributed by atoms with Crippen LogP contribution in [0.1, 0.15) is 49.3 Å². The summed E-state index contributed by atoms with van der Waals surface area (Å²) in [6, 6.07) is 13.2. The molecule has 0 saturated heterocycles. The first-order chi connectivity index (χ1) is 14.8. The second-order valence-electron chi connectivity index (χ2n) is 8.30. The number of aryl methyl sites for hydroxylation is 1. The van der Waals surface area contributed by atoms with Crippen LogP contribution in [0.15, 0.2) is 46.9 Å². The quantitative estimate of drug-likeness (QED) is 0.575. The van der Waals surface area contributed by atoms with E-state index in [1.807, 2.05) is 56.3 Å². The SMILES string of the molecule is Cc1cccc(OCC(=O)N(Cc2cccc(Br)c2)[C@@H](C)C(=O)NC2CCCC2)c1C. The zero-order chi connectivity index (χ0) is 22.4. The molecule has 0 aromatic heterocycles. The Bertz CT molecular complexity index is 925. The van der Waals surface area contributed by atoms with Crippen LogP contribution < -0.4 is 10.1 Å². The normalized spacial score (nSPS) is 14.8. The molecule has 2 aromatic carbocycles. The summed E-state index contributed by atoms with van der Waals surface area (Å²) in [5.74, 6) is 0.371. The first-order valence-electron chi connectivity index (χ1n) is 10.9. The Labute approximate surface area is 193 Å². The fourth-order valence-electron chi connectivity index (χ4n) is 3.91. The minimum Gasteiger partial charge on any atom is -0.483 e. The predicted octanol–water partition coefficient (Wildman–Crippen LogP) is 4.92. The summed E-state index contributed by atoms with van der Waals surface area (Å²) in [5, 5.41) is 3.12. The molecule has 2 aromatic rings. The average molecular weight is 487 g/mol. The van der Waals surface area contributed by atoms with E-state index in [1.165, 1.54) is 0 Å². The van der Waals surface area contributed by atoms with Crippen LogP contribution >= 0.6 is 15.9 Å². The third-order valence-corrected chi connectivity index (χ3v) is 6.51. The molecule has 0 spiro atoms. The lowest BCUT2D eigenvalue weighted by molar-refractivity contribution is -0.142. The molecule has 0 heterocycles. The van der Waals surface area contributed by atoms with Crippen LogP contribution in [0.5, 0.6) is 5.75 Å². The fraction of sp³-hybridized carbons (Fsp3) is 0.440. The Morgan fingerprint density at radius 1 is 1.16 bits per heavy atom. The number of halogens is 1. The largest absolute Gasteiger partial charge is 0.483 e. The van der Waals surface area contributed by atoms with Gasteiger partial charge in [-0.3, -0.25) is 9.59 Å². The van der Waals surface area contributed by atoms with E-state index < -0.39 is 6.04 Å². The lowest BCUT2D eigenvalue weighted by Crippen LogP contribution is -2.50. The molecule has 0 aliphatic heterocycles. The number of rotatable bonds is 8. The molecular formula is C25H31BrN2O3. The summed E-state index contributed by atoms with van der Waals surface area (Å²) in [6.45, 7) is 6.01. The van der Waals surface area contributed by atoms with Crippen LogP contribution in [0.25, 0.3) is 0 Å². The molecule has 166 valence electrons. The maximum absolute atomic E-state index is 13.2. The van der Waals surface area contributed by atoms with Crippen molar-refractivity contribution in [2.75, 3.05) is 6.61 Å². The molecule has 2 amide bonds. The van der Waals surface area contributed by atoms with Crippen LogP contribution in [0.4, 0.5) is 0 Å². The van der Waals surface area contributed by atoms with Crippen molar-refractivity contribution in [3.8, 4) is 5.75 Å². The van der Waals surface area contributed by atoms with E-state index >= 15 is 0 Å². The Morgan fingerprint density at radius 3 is 2.58 bits per heavy atom. The van der Waals surface area contributed by atoms with E-state index in [2.05, 4.69) is 21.2 Å². The first-order valence-corrected chi connectivity index (χ1v) is 11.7. The molecule has 6 heteroatoms. The van der Waals surface area contributed by atoms with Gasteiger partial charge in [-0.2, -0.15) is 0 Å². The number of ether oxygens (including phenoxy) is 1. The summed E-state index contributed by atoms with van der Waals surface area (Å²) < 4.78 is 6.79. The summed E-state index contributed by atoms with van der Waals surface area (Å²) in [6.07, 6.45) is 4.30. The second kappa shape index (κ2) is 10.8. The van der Waals surface area contributed by atoms with Gasteiger partial charge in [-0.1, -0.05) is 53.0 Å². The van der Waals surface area contributed by atoms with Crippen molar-refractivity contribution in [2.45, 2.75) is 65.1 Å². The molecule has 1 N–H and O–H groups in total. The number of hydrogen-bond donors (Lipinski definition) is 1. The highest BCUT2D eigenvalue weighted by Gasteiger charge is 2.28. The molecule has 1 fully saturated rings. The van der Waals surface area contributed by atoms with E-state index in [9.17, 15) is 9.59 Å². The minimum atomic E-state index is -0.589. The van der Waals surface area contributed by atoms with Crippen molar-refractivity contribution in [1.82, 2.24) is 10.2 Å². The molecule has 0 radical (unpaired) electrons. The molecule has 1 saturated carbocycles. The molecule has 1 atom stereocenters. The monoisotopic (exact) mass is 486 g/mol. The molecule has 0 bridgehead atoms. The van der Waals surface area contributed by atoms with Crippen LogP contribution in [0.2, 0.25) is 0 Å².